The van der Waals surface area contributed by atoms with Crippen LogP contribution in [0.1, 0.15) is 93.2 Å². The quantitative estimate of drug-likeness (QED) is 0.160. The second-order valence-corrected chi connectivity index (χ2v) is 19.4. The van der Waals surface area contributed by atoms with Gasteiger partial charge in [-0.15, -0.1) is 0 Å². The van der Waals surface area contributed by atoms with E-state index >= 15 is 0 Å². The topological polar surface area (TPSA) is 43.0 Å². The number of hydrogen-bond donors (Lipinski definition) is 1. The molecule has 1 fully saturated rings. The normalized spacial score (nSPS) is 18.2. The summed E-state index contributed by atoms with van der Waals surface area (Å²) in [6, 6.07) is 22.3. The molecule has 1 heterocycles. The van der Waals surface area contributed by atoms with E-state index < -0.39 is 8.32 Å². The number of nitrogens with zero attached hydrogens (tertiary/aromatic N) is 1. The Kier molecular flexibility index (Phi) is 11.0. The number of methoxy groups -OCH3 is 1. The molecule has 1 aliphatic heterocycles. The van der Waals surface area contributed by atoms with Gasteiger partial charge in [0.15, 0.2) is 0 Å². The molecule has 0 amide bonds. The van der Waals surface area contributed by atoms with E-state index in [9.17, 15) is 0 Å². The first-order valence-corrected chi connectivity index (χ1v) is 20.1. The molecular weight excluding hydrogens is 573 g/mol. The predicted octanol–water partition coefficient (Wildman–Crippen LogP) is 9.07. The summed E-state index contributed by atoms with van der Waals surface area (Å²) >= 11 is 0. The van der Waals surface area contributed by atoms with Gasteiger partial charge in [-0.3, -0.25) is 4.90 Å². The number of hydrogen-bond acceptors (Lipinski definition) is 5. The van der Waals surface area contributed by atoms with E-state index in [1.165, 1.54) is 66.6 Å². The van der Waals surface area contributed by atoms with E-state index in [2.05, 4.69) is 112 Å². The molecule has 1 N–H and O–H groups in total. The zero-order valence-corrected chi connectivity index (χ0v) is 29.9. The molecule has 6 heteroatoms. The van der Waals surface area contributed by atoms with Crippen LogP contribution in [0.5, 0.6) is 17.2 Å². The van der Waals surface area contributed by atoms with Gasteiger partial charge in [0.05, 0.1) is 7.11 Å². The van der Waals surface area contributed by atoms with E-state index in [0.29, 0.717) is 5.92 Å². The van der Waals surface area contributed by atoms with Crippen LogP contribution in [0.25, 0.3) is 0 Å². The van der Waals surface area contributed by atoms with Gasteiger partial charge in [0.2, 0.25) is 8.32 Å². The first-order valence-electron chi connectivity index (χ1n) is 17.2. The van der Waals surface area contributed by atoms with Crippen LogP contribution in [0.2, 0.25) is 18.1 Å². The predicted molar refractivity (Wildman–Crippen MR) is 190 cm³/mol. The number of ether oxygens (including phenoxy) is 2. The van der Waals surface area contributed by atoms with Crippen LogP contribution in [0.15, 0.2) is 60.7 Å². The highest BCUT2D eigenvalue weighted by molar-refractivity contribution is 6.74. The SMILES string of the molecule is COc1ccc(C2CCCc3cc(O[Si](C)(C)C(C)(C)C)ccc3C2)c(C(C)NCc2ccc(OCCN3CCCC3)cc2)c1. The van der Waals surface area contributed by atoms with Crippen LogP contribution < -0.4 is 19.2 Å². The molecule has 2 atom stereocenters. The summed E-state index contributed by atoms with van der Waals surface area (Å²) in [6.07, 6.45) is 7.17. The number of fused-ring (bicyclic) bond motifs is 1. The van der Waals surface area contributed by atoms with Gasteiger partial charge in [0.1, 0.15) is 23.9 Å². The van der Waals surface area contributed by atoms with E-state index in [-0.39, 0.29) is 11.1 Å². The minimum atomic E-state index is -1.87. The van der Waals surface area contributed by atoms with Crippen molar-refractivity contribution < 1.29 is 13.9 Å². The highest BCUT2D eigenvalue weighted by Gasteiger charge is 2.39. The molecule has 3 aromatic rings. The molecule has 2 aliphatic rings. The van der Waals surface area contributed by atoms with Crippen LogP contribution in [0.3, 0.4) is 0 Å². The Morgan fingerprint density at radius 2 is 1.60 bits per heavy atom. The van der Waals surface area contributed by atoms with Crippen LogP contribution in [0, 0.1) is 0 Å². The second kappa shape index (κ2) is 14.7. The number of benzene rings is 3. The van der Waals surface area contributed by atoms with Gasteiger partial charge in [-0.1, -0.05) is 45.0 Å². The smallest absolute Gasteiger partial charge is 0.250 e. The van der Waals surface area contributed by atoms with E-state index in [4.69, 9.17) is 13.9 Å². The van der Waals surface area contributed by atoms with Crippen molar-refractivity contribution in [2.45, 2.75) is 103 Å². The van der Waals surface area contributed by atoms with Crippen molar-refractivity contribution in [3.8, 4) is 17.2 Å². The first kappa shape index (κ1) is 33.6. The van der Waals surface area contributed by atoms with Crippen molar-refractivity contribution in [1.29, 1.82) is 0 Å². The lowest BCUT2D eigenvalue weighted by Crippen LogP contribution is -2.43. The average Bonchev–Trinajstić information content (AvgIpc) is 3.44. The minimum Gasteiger partial charge on any atom is -0.543 e. The second-order valence-electron chi connectivity index (χ2n) is 14.7. The van der Waals surface area contributed by atoms with Crippen LogP contribution >= 0.6 is 0 Å². The Hall–Kier alpha value is -2.80. The summed E-state index contributed by atoms with van der Waals surface area (Å²) in [5, 5.41) is 3.99. The lowest BCUT2D eigenvalue weighted by Gasteiger charge is -2.36. The Morgan fingerprint density at radius 1 is 0.889 bits per heavy atom. The molecule has 0 spiro atoms. The standard InChI is InChI=1S/C39H56N2O3Si/c1-29(40-28-30-13-16-34(17-14-30)43-24-23-41-21-8-9-22-41)38-27-35(42-5)19-20-37(38)33-12-10-11-31-26-36(18-15-32(31)25-33)44-45(6,7)39(2,3)4/h13-20,26-27,29,33,40H,8-12,21-25,28H2,1-7H3. The fourth-order valence-electron chi connectivity index (χ4n) is 6.53. The van der Waals surface area contributed by atoms with Crippen molar-refractivity contribution >= 4 is 8.32 Å². The largest absolute Gasteiger partial charge is 0.543 e. The third kappa shape index (κ3) is 8.72. The van der Waals surface area contributed by atoms with Crippen molar-refractivity contribution in [2.24, 2.45) is 0 Å². The fourth-order valence-corrected chi connectivity index (χ4v) is 7.55. The molecular formula is C39H56N2O3Si. The third-order valence-electron chi connectivity index (χ3n) is 10.4. The lowest BCUT2D eigenvalue weighted by molar-refractivity contribution is 0.238. The van der Waals surface area contributed by atoms with E-state index in [1.54, 1.807) is 7.11 Å². The van der Waals surface area contributed by atoms with Crippen LogP contribution in [-0.4, -0.2) is 46.6 Å². The molecule has 45 heavy (non-hydrogen) atoms. The molecule has 1 saturated heterocycles. The van der Waals surface area contributed by atoms with Gasteiger partial charge < -0.3 is 19.2 Å². The molecule has 2 unspecified atom stereocenters. The molecule has 5 rings (SSSR count). The Bertz CT molecular complexity index is 1390. The Labute approximate surface area is 273 Å². The molecule has 5 nitrogen and oxygen atoms in total. The summed E-state index contributed by atoms with van der Waals surface area (Å²) in [7, 11) is -0.110. The molecule has 0 saturated carbocycles. The number of likely N-dealkylation sites (tertiary alicyclic amines) is 1. The fraction of sp³-hybridized carbons (Fsp3) is 0.538. The summed E-state index contributed by atoms with van der Waals surface area (Å²) in [5.41, 5.74) is 6.95. The van der Waals surface area contributed by atoms with E-state index in [1.807, 2.05) is 0 Å². The summed E-state index contributed by atoms with van der Waals surface area (Å²) in [4.78, 5) is 2.49. The first-order chi connectivity index (χ1) is 21.5. The van der Waals surface area contributed by atoms with Crippen molar-refractivity contribution in [2.75, 3.05) is 33.4 Å². The summed E-state index contributed by atoms with van der Waals surface area (Å²) < 4.78 is 18.4. The molecule has 244 valence electrons. The average molecular weight is 629 g/mol. The third-order valence-corrected chi connectivity index (χ3v) is 14.8. The number of rotatable bonds is 12. The van der Waals surface area contributed by atoms with Crippen LogP contribution in [0.4, 0.5) is 0 Å². The Morgan fingerprint density at radius 3 is 2.31 bits per heavy atom. The maximum atomic E-state index is 6.67. The Balaban J connectivity index is 1.24. The zero-order valence-electron chi connectivity index (χ0n) is 28.9. The lowest BCUT2D eigenvalue weighted by atomic mass is 9.85. The highest BCUT2D eigenvalue weighted by Crippen LogP contribution is 2.40. The van der Waals surface area contributed by atoms with Gasteiger partial charge >= 0.3 is 0 Å². The van der Waals surface area contributed by atoms with E-state index in [0.717, 1.165) is 49.8 Å². The highest BCUT2D eigenvalue weighted by atomic mass is 28.4. The van der Waals surface area contributed by atoms with Crippen molar-refractivity contribution in [3.63, 3.8) is 0 Å². The van der Waals surface area contributed by atoms with Gasteiger partial charge in [0, 0.05) is 19.1 Å². The summed E-state index contributed by atoms with van der Waals surface area (Å²) in [5.74, 6) is 3.39. The number of aryl methyl sites for hydroxylation is 1. The molecule has 0 aromatic heterocycles. The minimum absolute atomic E-state index is 0.186. The molecule has 3 aromatic carbocycles. The summed E-state index contributed by atoms with van der Waals surface area (Å²) in [6.45, 7) is 18.8. The number of nitrogens with one attached hydrogen (secondary N) is 1. The van der Waals surface area contributed by atoms with Crippen molar-refractivity contribution in [3.05, 3.63) is 88.5 Å². The molecule has 1 aliphatic carbocycles. The molecule has 0 bridgehead atoms. The monoisotopic (exact) mass is 628 g/mol. The zero-order chi connectivity index (χ0) is 32.0. The van der Waals surface area contributed by atoms with Crippen LogP contribution in [-0.2, 0) is 19.4 Å². The van der Waals surface area contributed by atoms with Gasteiger partial charge in [-0.25, -0.2) is 0 Å². The van der Waals surface area contributed by atoms with Gasteiger partial charge in [-0.05, 0) is 147 Å². The van der Waals surface area contributed by atoms with Gasteiger partial charge in [0.25, 0.3) is 0 Å². The maximum Gasteiger partial charge on any atom is 0.250 e. The van der Waals surface area contributed by atoms with Gasteiger partial charge in [-0.2, -0.15) is 0 Å². The molecule has 0 radical (unpaired) electrons. The van der Waals surface area contributed by atoms with Crippen molar-refractivity contribution in [1.82, 2.24) is 10.2 Å². The maximum absolute atomic E-state index is 6.67.